The molecule has 0 spiro atoms. The molecule has 0 heterocycles. The summed E-state index contributed by atoms with van der Waals surface area (Å²) in [5, 5.41) is 2.88. The molecule has 4 nitrogen and oxygen atoms in total. The first-order valence-electron chi connectivity index (χ1n) is 8.02. The number of hydrogen-bond donors (Lipinski definition) is 1. The standard InChI is InChI=1S/C16H33NO3/c1-5-15(4)9-12-19-13-10-17-16(18)8-6-7-11-20-14(2)3/h14-15H,5-13H2,1-4H3,(H,17,18). The zero-order valence-corrected chi connectivity index (χ0v) is 13.7. The highest BCUT2D eigenvalue weighted by molar-refractivity contribution is 5.75. The Kier molecular flexibility index (Phi) is 13.0. The summed E-state index contributed by atoms with van der Waals surface area (Å²) in [6, 6.07) is 0. The topological polar surface area (TPSA) is 47.6 Å². The maximum Gasteiger partial charge on any atom is 0.220 e. The molecular formula is C16H33NO3. The number of unbranched alkanes of at least 4 members (excludes halogenated alkanes) is 1. The van der Waals surface area contributed by atoms with Crippen LogP contribution >= 0.6 is 0 Å². The summed E-state index contributed by atoms with van der Waals surface area (Å²) in [4.78, 5) is 11.5. The van der Waals surface area contributed by atoms with Crippen LogP contribution in [0.15, 0.2) is 0 Å². The van der Waals surface area contributed by atoms with Gasteiger partial charge >= 0.3 is 0 Å². The van der Waals surface area contributed by atoms with Crippen molar-refractivity contribution in [2.45, 2.75) is 65.9 Å². The van der Waals surface area contributed by atoms with Crippen LogP contribution in [0.3, 0.4) is 0 Å². The van der Waals surface area contributed by atoms with Crippen molar-refractivity contribution >= 4 is 5.91 Å². The minimum Gasteiger partial charge on any atom is -0.380 e. The largest absolute Gasteiger partial charge is 0.380 e. The lowest BCUT2D eigenvalue weighted by Crippen LogP contribution is -2.27. The Bertz CT molecular complexity index is 232. The monoisotopic (exact) mass is 287 g/mol. The van der Waals surface area contributed by atoms with Crippen LogP contribution in [0.4, 0.5) is 0 Å². The fourth-order valence-corrected chi connectivity index (χ4v) is 1.65. The normalized spacial score (nSPS) is 12.7. The van der Waals surface area contributed by atoms with E-state index in [2.05, 4.69) is 19.2 Å². The molecule has 0 aromatic heterocycles. The fourth-order valence-electron chi connectivity index (χ4n) is 1.65. The van der Waals surface area contributed by atoms with Crippen LogP contribution in [0.25, 0.3) is 0 Å². The number of hydrogen-bond acceptors (Lipinski definition) is 3. The van der Waals surface area contributed by atoms with Gasteiger partial charge in [-0.05, 0) is 39.0 Å². The summed E-state index contributed by atoms with van der Waals surface area (Å²) in [6.07, 6.45) is 4.97. The molecule has 0 saturated carbocycles. The first-order valence-corrected chi connectivity index (χ1v) is 8.02. The Morgan fingerprint density at radius 1 is 1.10 bits per heavy atom. The van der Waals surface area contributed by atoms with Gasteiger partial charge in [-0.25, -0.2) is 0 Å². The van der Waals surface area contributed by atoms with Crippen LogP contribution in [0.5, 0.6) is 0 Å². The van der Waals surface area contributed by atoms with E-state index in [1.807, 2.05) is 13.8 Å². The molecule has 120 valence electrons. The van der Waals surface area contributed by atoms with Crippen LogP contribution < -0.4 is 5.32 Å². The number of amides is 1. The van der Waals surface area contributed by atoms with Crippen LogP contribution in [-0.4, -0.2) is 38.4 Å². The van der Waals surface area contributed by atoms with E-state index in [0.29, 0.717) is 19.6 Å². The SMILES string of the molecule is CCC(C)CCOCCNC(=O)CCCCOC(C)C. The van der Waals surface area contributed by atoms with Gasteiger partial charge in [-0.1, -0.05) is 20.3 Å². The first kappa shape index (κ1) is 19.4. The smallest absolute Gasteiger partial charge is 0.220 e. The van der Waals surface area contributed by atoms with Gasteiger partial charge in [-0.2, -0.15) is 0 Å². The number of nitrogens with one attached hydrogen (secondary N) is 1. The highest BCUT2D eigenvalue weighted by atomic mass is 16.5. The van der Waals surface area contributed by atoms with Crippen molar-refractivity contribution in [3.8, 4) is 0 Å². The van der Waals surface area contributed by atoms with Crippen molar-refractivity contribution in [2.75, 3.05) is 26.4 Å². The van der Waals surface area contributed by atoms with Crippen LogP contribution in [0, 0.1) is 5.92 Å². The first-order chi connectivity index (χ1) is 9.56. The molecule has 20 heavy (non-hydrogen) atoms. The highest BCUT2D eigenvalue weighted by Gasteiger charge is 2.02. The van der Waals surface area contributed by atoms with Gasteiger partial charge in [-0.15, -0.1) is 0 Å². The number of carbonyl (C=O) groups is 1. The van der Waals surface area contributed by atoms with Crippen LogP contribution in [0.1, 0.15) is 59.8 Å². The van der Waals surface area contributed by atoms with E-state index in [0.717, 1.165) is 38.4 Å². The van der Waals surface area contributed by atoms with Crippen molar-refractivity contribution in [1.29, 1.82) is 0 Å². The van der Waals surface area contributed by atoms with E-state index in [1.54, 1.807) is 0 Å². The van der Waals surface area contributed by atoms with Gasteiger partial charge < -0.3 is 14.8 Å². The lowest BCUT2D eigenvalue weighted by Gasteiger charge is -2.10. The Morgan fingerprint density at radius 3 is 2.50 bits per heavy atom. The van der Waals surface area contributed by atoms with Crippen molar-refractivity contribution in [3.63, 3.8) is 0 Å². The van der Waals surface area contributed by atoms with Gasteiger partial charge in [0.2, 0.25) is 5.91 Å². The molecule has 0 bridgehead atoms. The molecule has 0 aliphatic carbocycles. The second kappa shape index (κ2) is 13.4. The molecule has 0 saturated heterocycles. The molecule has 0 aliphatic rings. The summed E-state index contributed by atoms with van der Waals surface area (Å²) in [6.45, 7) is 11.2. The second-order valence-corrected chi connectivity index (χ2v) is 5.64. The van der Waals surface area contributed by atoms with Gasteiger partial charge in [0.15, 0.2) is 0 Å². The van der Waals surface area contributed by atoms with E-state index in [-0.39, 0.29) is 12.0 Å². The molecule has 4 heteroatoms. The summed E-state index contributed by atoms with van der Waals surface area (Å²) in [5.41, 5.74) is 0. The molecule has 0 fully saturated rings. The second-order valence-electron chi connectivity index (χ2n) is 5.64. The van der Waals surface area contributed by atoms with Gasteiger partial charge in [0.1, 0.15) is 0 Å². The molecule has 1 amide bonds. The molecule has 1 N–H and O–H groups in total. The molecule has 0 radical (unpaired) electrons. The fraction of sp³-hybridized carbons (Fsp3) is 0.938. The number of rotatable bonds is 13. The molecular weight excluding hydrogens is 254 g/mol. The lowest BCUT2D eigenvalue weighted by atomic mass is 10.1. The average molecular weight is 287 g/mol. The van der Waals surface area contributed by atoms with E-state index in [1.165, 1.54) is 6.42 Å². The Morgan fingerprint density at radius 2 is 1.85 bits per heavy atom. The third kappa shape index (κ3) is 13.8. The Balaban J connectivity index is 3.24. The van der Waals surface area contributed by atoms with Crippen molar-refractivity contribution in [2.24, 2.45) is 5.92 Å². The van der Waals surface area contributed by atoms with Crippen molar-refractivity contribution < 1.29 is 14.3 Å². The quantitative estimate of drug-likeness (QED) is 0.529. The number of ether oxygens (including phenoxy) is 2. The maximum absolute atomic E-state index is 11.5. The third-order valence-corrected chi connectivity index (χ3v) is 3.27. The minimum atomic E-state index is 0.111. The lowest BCUT2D eigenvalue weighted by molar-refractivity contribution is -0.121. The van der Waals surface area contributed by atoms with Crippen molar-refractivity contribution in [3.05, 3.63) is 0 Å². The van der Waals surface area contributed by atoms with Crippen LogP contribution in [-0.2, 0) is 14.3 Å². The molecule has 1 unspecified atom stereocenters. The van der Waals surface area contributed by atoms with Gasteiger partial charge in [-0.3, -0.25) is 4.79 Å². The minimum absolute atomic E-state index is 0.111. The van der Waals surface area contributed by atoms with Crippen molar-refractivity contribution in [1.82, 2.24) is 5.32 Å². The Labute approximate surface area is 124 Å². The maximum atomic E-state index is 11.5. The third-order valence-electron chi connectivity index (χ3n) is 3.27. The summed E-state index contributed by atoms with van der Waals surface area (Å²) in [7, 11) is 0. The predicted molar refractivity (Wildman–Crippen MR) is 82.8 cm³/mol. The summed E-state index contributed by atoms with van der Waals surface area (Å²) >= 11 is 0. The van der Waals surface area contributed by atoms with E-state index < -0.39 is 0 Å². The summed E-state index contributed by atoms with van der Waals surface area (Å²) < 4.78 is 10.9. The molecule has 1 atom stereocenters. The molecule has 0 rings (SSSR count). The average Bonchev–Trinajstić information content (AvgIpc) is 2.41. The van der Waals surface area contributed by atoms with E-state index >= 15 is 0 Å². The zero-order valence-electron chi connectivity index (χ0n) is 13.7. The van der Waals surface area contributed by atoms with Gasteiger partial charge in [0.05, 0.1) is 12.7 Å². The zero-order chi connectivity index (χ0) is 15.2. The number of carbonyl (C=O) groups excluding carboxylic acids is 1. The molecule has 0 aromatic rings. The summed E-state index contributed by atoms with van der Waals surface area (Å²) in [5.74, 6) is 0.831. The van der Waals surface area contributed by atoms with Gasteiger partial charge in [0.25, 0.3) is 0 Å². The van der Waals surface area contributed by atoms with Gasteiger partial charge in [0, 0.05) is 26.2 Å². The Hall–Kier alpha value is -0.610. The van der Waals surface area contributed by atoms with E-state index in [4.69, 9.17) is 9.47 Å². The molecule has 0 aromatic carbocycles. The predicted octanol–water partition coefficient (Wildman–Crippen LogP) is 3.15. The van der Waals surface area contributed by atoms with E-state index in [9.17, 15) is 4.79 Å². The van der Waals surface area contributed by atoms with Crippen LogP contribution in [0.2, 0.25) is 0 Å². The molecule has 0 aliphatic heterocycles. The highest BCUT2D eigenvalue weighted by Crippen LogP contribution is 2.05.